The number of rotatable bonds is 5. The number of hydrogen-bond donors (Lipinski definition) is 2. The van der Waals surface area contributed by atoms with Crippen molar-refractivity contribution in [2.75, 3.05) is 5.32 Å². The first kappa shape index (κ1) is 19.0. The van der Waals surface area contributed by atoms with Crippen molar-refractivity contribution in [3.8, 4) is 0 Å². The lowest BCUT2D eigenvalue weighted by Crippen LogP contribution is -2.32. The van der Waals surface area contributed by atoms with Gasteiger partial charge in [-0.1, -0.05) is 18.5 Å². The number of alkyl halides is 3. The fourth-order valence-electron chi connectivity index (χ4n) is 1.86. The van der Waals surface area contributed by atoms with E-state index in [1.165, 1.54) is 12.3 Å². The van der Waals surface area contributed by atoms with E-state index in [0.29, 0.717) is 0 Å². The van der Waals surface area contributed by atoms with Crippen molar-refractivity contribution in [2.24, 2.45) is 0 Å². The number of carbonyl (C=O) groups excluding carboxylic acids is 1. The van der Waals surface area contributed by atoms with Gasteiger partial charge >= 0.3 is 6.18 Å². The Kier molecular flexibility index (Phi) is 5.84. The van der Waals surface area contributed by atoms with Crippen LogP contribution in [0.15, 0.2) is 30.5 Å². The van der Waals surface area contributed by atoms with E-state index in [1.807, 2.05) is 13.8 Å². The molecule has 0 aliphatic rings. The first-order valence-corrected chi connectivity index (χ1v) is 7.86. The molecule has 0 radical (unpaired) electrons. The third-order valence-electron chi connectivity index (χ3n) is 3.42. The Labute approximate surface area is 147 Å². The average Bonchev–Trinajstić information content (AvgIpc) is 2.56. The van der Waals surface area contributed by atoms with Gasteiger partial charge in [0, 0.05) is 12.2 Å². The van der Waals surface area contributed by atoms with Crippen LogP contribution in [0.3, 0.4) is 0 Å². The Morgan fingerprint density at radius 2 is 2.04 bits per heavy atom. The summed E-state index contributed by atoms with van der Waals surface area (Å²) in [5.74, 6) is -0.423. The molecule has 1 aromatic heterocycles. The number of benzene rings is 1. The highest BCUT2D eigenvalue weighted by molar-refractivity contribution is 6.33. The second kappa shape index (κ2) is 7.69. The number of carbonyl (C=O) groups is 1. The van der Waals surface area contributed by atoms with E-state index >= 15 is 0 Å². The average molecular weight is 373 g/mol. The lowest BCUT2D eigenvalue weighted by Gasteiger charge is -2.13. The summed E-state index contributed by atoms with van der Waals surface area (Å²) in [6.45, 7) is 3.77. The van der Waals surface area contributed by atoms with E-state index in [1.54, 1.807) is 0 Å². The number of amides is 1. The maximum absolute atomic E-state index is 12.8. The van der Waals surface area contributed by atoms with Crippen LogP contribution >= 0.6 is 11.6 Å². The van der Waals surface area contributed by atoms with Gasteiger partial charge in [-0.25, -0.2) is 9.97 Å². The molecular formula is C16H16ClF3N4O. The van der Waals surface area contributed by atoms with E-state index in [9.17, 15) is 18.0 Å². The van der Waals surface area contributed by atoms with Gasteiger partial charge in [-0.05, 0) is 37.6 Å². The Hall–Kier alpha value is -2.35. The molecule has 1 amide bonds. The van der Waals surface area contributed by atoms with Crippen molar-refractivity contribution in [3.05, 3.63) is 46.7 Å². The summed E-state index contributed by atoms with van der Waals surface area (Å²) in [5.41, 5.74) is -0.762. The van der Waals surface area contributed by atoms with Gasteiger partial charge in [0.05, 0.1) is 16.3 Å². The molecule has 25 heavy (non-hydrogen) atoms. The summed E-state index contributed by atoms with van der Waals surface area (Å²) in [4.78, 5) is 20.0. The number of anilines is 2. The lowest BCUT2D eigenvalue weighted by atomic mass is 10.2. The smallest absolute Gasteiger partial charge is 0.348 e. The monoisotopic (exact) mass is 372 g/mol. The van der Waals surface area contributed by atoms with Crippen molar-refractivity contribution in [2.45, 2.75) is 32.5 Å². The predicted molar refractivity (Wildman–Crippen MR) is 89.0 cm³/mol. The van der Waals surface area contributed by atoms with Crippen molar-refractivity contribution in [1.29, 1.82) is 0 Å². The van der Waals surface area contributed by atoms with Gasteiger partial charge in [-0.2, -0.15) is 13.2 Å². The van der Waals surface area contributed by atoms with Gasteiger partial charge in [0.1, 0.15) is 5.69 Å². The van der Waals surface area contributed by atoms with Crippen LogP contribution < -0.4 is 10.6 Å². The Morgan fingerprint density at radius 3 is 2.68 bits per heavy atom. The predicted octanol–water partition coefficient (Wildman–Crippen LogP) is 4.42. The summed E-state index contributed by atoms with van der Waals surface area (Å²) in [5, 5.41) is 5.43. The maximum Gasteiger partial charge on any atom is 0.416 e. The molecule has 0 bridgehead atoms. The summed E-state index contributed by atoms with van der Waals surface area (Å²) < 4.78 is 38.4. The normalized spacial score (nSPS) is 12.6. The third-order valence-corrected chi connectivity index (χ3v) is 3.75. The van der Waals surface area contributed by atoms with Crippen LogP contribution in [0.2, 0.25) is 5.02 Å². The summed E-state index contributed by atoms with van der Waals surface area (Å²) >= 11 is 5.92. The van der Waals surface area contributed by atoms with Crippen LogP contribution in [0.25, 0.3) is 0 Å². The van der Waals surface area contributed by atoms with Crippen molar-refractivity contribution < 1.29 is 18.0 Å². The zero-order valence-corrected chi connectivity index (χ0v) is 14.2. The number of nitrogens with one attached hydrogen (secondary N) is 2. The van der Waals surface area contributed by atoms with Crippen LogP contribution in [0.5, 0.6) is 0 Å². The molecule has 0 saturated heterocycles. The maximum atomic E-state index is 12.8. The molecule has 5 nitrogen and oxygen atoms in total. The SMILES string of the molecule is CCC(C)NC(=O)c1ccnc(Nc2cc(C(F)(F)F)ccc2Cl)n1. The molecule has 0 aliphatic heterocycles. The van der Waals surface area contributed by atoms with E-state index in [-0.39, 0.29) is 28.4 Å². The Bertz CT molecular complexity index is 767. The molecule has 1 aromatic carbocycles. The molecule has 0 aliphatic carbocycles. The van der Waals surface area contributed by atoms with E-state index in [2.05, 4.69) is 20.6 Å². The minimum absolute atomic E-state index is 0.00373. The second-order valence-electron chi connectivity index (χ2n) is 5.37. The number of halogens is 4. The van der Waals surface area contributed by atoms with Gasteiger partial charge in [0.25, 0.3) is 5.91 Å². The van der Waals surface area contributed by atoms with Crippen LogP contribution in [-0.4, -0.2) is 21.9 Å². The lowest BCUT2D eigenvalue weighted by molar-refractivity contribution is -0.137. The molecule has 2 rings (SSSR count). The second-order valence-corrected chi connectivity index (χ2v) is 5.77. The van der Waals surface area contributed by atoms with E-state index in [4.69, 9.17) is 11.6 Å². The third kappa shape index (κ3) is 5.06. The molecule has 1 heterocycles. The minimum Gasteiger partial charge on any atom is -0.348 e. The molecule has 0 spiro atoms. The number of hydrogen-bond acceptors (Lipinski definition) is 4. The van der Waals surface area contributed by atoms with E-state index in [0.717, 1.165) is 24.6 Å². The first-order valence-electron chi connectivity index (χ1n) is 7.48. The van der Waals surface area contributed by atoms with Gasteiger partial charge in [-0.3, -0.25) is 4.79 Å². The molecule has 134 valence electrons. The van der Waals surface area contributed by atoms with Crippen molar-refractivity contribution >= 4 is 29.1 Å². The fraction of sp³-hybridized carbons (Fsp3) is 0.312. The first-order chi connectivity index (χ1) is 11.7. The van der Waals surface area contributed by atoms with E-state index < -0.39 is 17.6 Å². The highest BCUT2D eigenvalue weighted by atomic mass is 35.5. The standard InChI is InChI=1S/C16H16ClF3N4O/c1-3-9(2)22-14(25)12-6-7-21-15(23-12)24-13-8-10(16(18,19)20)4-5-11(13)17/h4-9H,3H2,1-2H3,(H,22,25)(H,21,23,24). The zero-order chi connectivity index (χ0) is 18.6. The summed E-state index contributed by atoms with van der Waals surface area (Å²) in [7, 11) is 0. The molecule has 0 fully saturated rings. The molecule has 0 saturated carbocycles. The van der Waals surface area contributed by atoms with Crippen LogP contribution in [0.1, 0.15) is 36.3 Å². The summed E-state index contributed by atoms with van der Waals surface area (Å²) in [6, 6.07) is 4.25. The van der Waals surface area contributed by atoms with Crippen LogP contribution in [0, 0.1) is 0 Å². The van der Waals surface area contributed by atoms with Crippen molar-refractivity contribution in [1.82, 2.24) is 15.3 Å². The van der Waals surface area contributed by atoms with Crippen molar-refractivity contribution in [3.63, 3.8) is 0 Å². The van der Waals surface area contributed by atoms with Gasteiger partial charge in [0.15, 0.2) is 0 Å². The molecular weight excluding hydrogens is 357 g/mol. The topological polar surface area (TPSA) is 66.9 Å². The molecule has 1 unspecified atom stereocenters. The molecule has 2 N–H and O–H groups in total. The largest absolute Gasteiger partial charge is 0.416 e. The zero-order valence-electron chi connectivity index (χ0n) is 13.5. The highest BCUT2D eigenvalue weighted by Gasteiger charge is 2.31. The highest BCUT2D eigenvalue weighted by Crippen LogP contribution is 2.34. The number of nitrogens with zero attached hydrogens (tertiary/aromatic N) is 2. The number of aromatic nitrogens is 2. The van der Waals surface area contributed by atoms with Gasteiger partial charge < -0.3 is 10.6 Å². The quantitative estimate of drug-likeness (QED) is 0.815. The Morgan fingerprint density at radius 1 is 1.32 bits per heavy atom. The van der Waals surface area contributed by atoms with Crippen LogP contribution in [-0.2, 0) is 6.18 Å². The van der Waals surface area contributed by atoms with Crippen LogP contribution in [0.4, 0.5) is 24.8 Å². The Balaban J connectivity index is 2.24. The molecule has 1 atom stereocenters. The minimum atomic E-state index is -4.50. The van der Waals surface area contributed by atoms with Gasteiger partial charge in [-0.15, -0.1) is 0 Å². The molecule has 9 heteroatoms. The summed E-state index contributed by atoms with van der Waals surface area (Å²) in [6.07, 6.45) is -2.41. The molecule has 2 aromatic rings. The van der Waals surface area contributed by atoms with Gasteiger partial charge in [0.2, 0.25) is 5.95 Å². The fourth-order valence-corrected chi connectivity index (χ4v) is 2.03.